The summed E-state index contributed by atoms with van der Waals surface area (Å²) < 4.78 is 0. The van der Waals surface area contributed by atoms with Gasteiger partial charge in [-0.3, -0.25) is 4.79 Å². The number of rotatable bonds is 13. The third-order valence-corrected chi connectivity index (χ3v) is 4.13. The lowest BCUT2D eigenvalue weighted by atomic mass is 9.90. The van der Waals surface area contributed by atoms with Gasteiger partial charge in [-0.25, -0.2) is 0 Å². The Morgan fingerprint density at radius 3 is 2.14 bits per heavy atom. The minimum atomic E-state index is -0.752. The van der Waals surface area contributed by atoms with Crippen LogP contribution in [0.25, 0.3) is 0 Å². The topological polar surface area (TPSA) is 55.8 Å². The van der Waals surface area contributed by atoms with Gasteiger partial charge >= 0.3 is 5.97 Å². The molecular weight excluding hydrogens is 266 g/mol. The molecule has 0 bridgehead atoms. The molecule has 0 aliphatic rings. The Hall–Kier alpha value is -0.650. The highest BCUT2D eigenvalue weighted by molar-refractivity contribution is 5.78. The summed E-state index contributed by atoms with van der Waals surface area (Å²) in [6.45, 7) is 11.0. The molecule has 2 N–H and O–H groups in total. The average Bonchev–Trinajstić information content (AvgIpc) is 2.43. The first-order valence-corrected chi connectivity index (χ1v) is 8.27. The van der Waals surface area contributed by atoms with Crippen molar-refractivity contribution in [2.75, 3.05) is 46.8 Å². The molecule has 21 heavy (non-hydrogen) atoms. The van der Waals surface area contributed by atoms with E-state index in [9.17, 15) is 9.90 Å². The van der Waals surface area contributed by atoms with Crippen LogP contribution in [0.1, 0.15) is 46.5 Å². The van der Waals surface area contributed by atoms with Gasteiger partial charge in [0.25, 0.3) is 0 Å². The third kappa shape index (κ3) is 7.79. The van der Waals surface area contributed by atoms with Crippen molar-refractivity contribution in [3.8, 4) is 0 Å². The Balaban J connectivity index is 4.24. The lowest BCUT2D eigenvalue weighted by Gasteiger charge is -2.30. The Morgan fingerprint density at radius 2 is 1.71 bits per heavy atom. The summed E-state index contributed by atoms with van der Waals surface area (Å²) in [5.74, 6) is -0.720. The van der Waals surface area contributed by atoms with E-state index >= 15 is 0 Å². The van der Waals surface area contributed by atoms with Crippen molar-refractivity contribution in [3.05, 3.63) is 0 Å². The van der Waals surface area contributed by atoms with E-state index in [0.29, 0.717) is 19.4 Å². The van der Waals surface area contributed by atoms with Crippen molar-refractivity contribution in [2.24, 2.45) is 0 Å². The second-order valence-electron chi connectivity index (χ2n) is 5.97. The zero-order chi connectivity index (χ0) is 16.3. The van der Waals surface area contributed by atoms with E-state index in [2.05, 4.69) is 36.1 Å². The quantitative estimate of drug-likeness (QED) is 0.544. The van der Waals surface area contributed by atoms with Gasteiger partial charge in [0.15, 0.2) is 0 Å². The van der Waals surface area contributed by atoms with Gasteiger partial charge in [-0.15, -0.1) is 0 Å². The first-order valence-electron chi connectivity index (χ1n) is 8.27. The van der Waals surface area contributed by atoms with Gasteiger partial charge in [-0.05, 0) is 72.5 Å². The van der Waals surface area contributed by atoms with Gasteiger partial charge in [-0.1, -0.05) is 20.8 Å². The Bertz CT molecular complexity index is 285. The molecule has 0 aliphatic heterocycles. The van der Waals surface area contributed by atoms with Crippen molar-refractivity contribution >= 4 is 5.97 Å². The molecule has 0 fully saturated rings. The normalized spacial score (nSPS) is 14.6. The number of nitrogens with zero attached hydrogens (tertiary/aromatic N) is 2. The molecule has 5 nitrogen and oxygen atoms in total. The van der Waals surface area contributed by atoms with Gasteiger partial charge in [0.2, 0.25) is 0 Å². The van der Waals surface area contributed by atoms with E-state index in [-0.39, 0.29) is 0 Å². The third-order valence-electron chi connectivity index (χ3n) is 4.13. The SMILES string of the molecule is CCNC(CC)(CCCN(CC)CCCN(C)C)C(=O)O. The minimum Gasteiger partial charge on any atom is -0.480 e. The fraction of sp³-hybridized carbons (Fsp3) is 0.938. The lowest BCUT2D eigenvalue weighted by molar-refractivity contribution is -0.145. The van der Waals surface area contributed by atoms with Gasteiger partial charge in [0.05, 0.1) is 0 Å². The van der Waals surface area contributed by atoms with Crippen molar-refractivity contribution in [3.63, 3.8) is 0 Å². The van der Waals surface area contributed by atoms with Crippen LogP contribution in [0, 0.1) is 0 Å². The molecule has 0 aromatic heterocycles. The number of hydrogen-bond donors (Lipinski definition) is 2. The molecule has 1 unspecified atom stereocenters. The van der Waals surface area contributed by atoms with Gasteiger partial charge in [0.1, 0.15) is 5.54 Å². The molecule has 0 radical (unpaired) electrons. The summed E-state index contributed by atoms with van der Waals surface area (Å²) in [4.78, 5) is 16.2. The Labute approximate surface area is 130 Å². The van der Waals surface area contributed by atoms with Crippen LogP contribution in [0.5, 0.6) is 0 Å². The van der Waals surface area contributed by atoms with Gasteiger partial charge in [-0.2, -0.15) is 0 Å². The number of nitrogens with one attached hydrogen (secondary N) is 1. The van der Waals surface area contributed by atoms with Crippen LogP contribution >= 0.6 is 0 Å². The highest BCUT2D eigenvalue weighted by Crippen LogP contribution is 2.18. The van der Waals surface area contributed by atoms with Crippen molar-refractivity contribution in [1.82, 2.24) is 15.1 Å². The molecule has 5 heteroatoms. The minimum absolute atomic E-state index is 0.628. The molecule has 0 rings (SSSR count). The largest absolute Gasteiger partial charge is 0.480 e. The van der Waals surface area contributed by atoms with E-state index in [1.807, 2.05) is 13.8 Å². The highest BCUT2D eigenvalue weighted by Gasteiger charge is 2.34. The van der Waals surface area contributed by atoms with Gasteiger partial charge in [0, 0.05) is 0 Å². The first-order chi connectivity index (χ1) is 9.91. The molecule has 0 saturated heterocycles. The number of carboxylic acid groups (broad SMARTS) is 1. The summed E-state index contributed by atoms with van der Waals surface area (Å²) in [5, 5.41) is 12.7. The lowest BCUT2D eigenvalue weighted by Crippen LogP contribution is -2.52. The molecule has 0 aromatic rings. The summed E-state index contributed by atoms with van der Waals surface area (Å²) in [6.07, 6.45) is 3.40. The van der Waals surface area contributed by atoms with E-state index in [1.165, 1.54) is 0 Å². The van der Waals surface area contributed by atoms with E-state index in [1.54, 1.807) is 0 Å². The number of aliphatic carboxylic acids is 1. The van der Waals surface area contributed by atoms with Crippen LogP contribution in [-0.2, 0) is 4.79 Å². The highest BCUT2D eigenvalue weighted by atomic mass is 16.4. The molecule has 0 heterocycles. The number of hydrogen-bond acceptors (Lipinski definition) is 4. The smallest absolute Gasteiger partial charge is 0.323 e. The fourth-order valence-corrected chi connectivity index (χ4v) is 2.71. The van der Waals surface area contributed by atoms with Crippen molar-refractivity contribution in [2.45, 2.75) is 52.0 Å². The second-order valence-corrected chi connectivity index (χ2v) is 5.97. The van der Waals surface area contributed by atoms with E-state index in [0.717, 1.165) is 39.0 Å². The molecular formula is C16H35N3O2. The maximum absolute atomic E-state index is 11.6. The average molecular weight is 301 g/mol. The van der Waals surface area contributed by atoms with Crippen LogP contribution in [-0.4, -0.2) is 73.2 Å². The first kappa shape index (κ1) is 20.3. The Morgan fingerprint density at radius 1 is 1.10 bits per heavy atom. The fourth-order valence-electron chi connectivity index (χ4n) is 2.71. The summed E-state index contributed by atoms with van der Waals surface area (Å²) in [6, 6.07) is 0. The predicted octanol–water partition coefficient (Wildman–Crippen LogP) is 1.88. The number of carbonyl (C=O) groups is 1. The molecule has 0 amide bonds. The maximum Gasteiger partial charge on any atom is 0.323 e. The standard InChI is InChI=1S/C16H35N3O2/c1-6-16(15(20)21,17-7-2)11-9-13-19(8-3)14-10-12-18(4)5/h17H,6-14H2,1-5H3,(H,20,21). The maximum atomic E-state index is 11.6. The molecule has 0 aliphatic carbocycles. The summed E-state index contributed by atoms with van der Waals surface area (Å²) >= 11 is 0. The van der Waals surface area contributed by atoms with Crippen molar-refractivity contribution < 1.29 is 9.90 Å². The van der Waals surface area contributed by atoms with Crippen LogP contribution in [0.2, 0.25) is 0 Å². The van der Waals surface area contributed by atoms with Crippen LogP contribution in [0.3, 0.4) is 0 Å². The number of likely N-dealkylation sites (N-methyl/N-ethyl adjacent to an activating group) is 1. The second kappa shape index (κ2) is 11.0. The number of carboxylic acids is 1. The van der Waals surface area contributed by atoms with Gasteiger partial charge < -0.3 is 20.2 Å². The molecule has 0 saturated carbocycles. The zero-order valence-corrected chi connectivity index (χ0v) is 14.6. The molecule has 0 aromatic carbocycles. The van der Waals surface area contributed by atoms with Crippen molar-refractivity contribution in [1.29, 1.82) is 0 Å². The summed E-state index contributed by atoms with van der Waals surface area (Å²) in [7, 11) is 4.18. The van der Waals surface area contributed by atoms with Crippen LogP contribution in [0.15, 0.2) is 0 Å². The van der Waals surface area contributed by atoms with Crippen LogP contribution in [0.4, 0.5) is 0 Å². The Kier molecular flexibility index (Phi) is 10.6. The monoisotopic (exact) mass is 301 g/mol. The molecule has 126 valence electrons. The van der Waals surface area contributed by atoms with Crippen LogP contribution < -0.4 is 5.32 Å². The van der Waals surface area contributed by atoms with E-state index < -0.39 is 11.5 Å². The predicted molar refractivity (Wildman–Crippen MR) is 88.9 cm³/mol. The molecule has 0 spiro atoms. The summed E-state index contributed by atoms with van der Waals surface area (Å²) in [5.41, 5.74) is -0.752. The zero-order valence-electron chi connectivity index (χ0n) is 14.6. The molecule has 1 atom stereocenters. The van der Waals surface area contributed by atoms with E-state index in [4.69, 9.17) is 0 Å².